The Balaban J connectivity index is 2.02. The van der Waals surface area contributed by atoms with Crippen LogP contribution < -0.4 is 5.56 Å². The lowest BCUT2D eigenvalue weighted by molar-refractivity contribution is -0.384. The molecule has 2 aromatic heterocycles. The molecule has 0 saturated carbocycles. The molecule has 118 valence electrons. The van der Waals surface area contributed by atoms with Crippen LogP contribution in [-0.2, 0) is 6.54 Å². The first-order valence-electron chi connectivity index (χ1n) is 7.04. The van der Waals surface area contributed by atoms with Crippen molar-refractivity contribution in [1.82, 2.24) is 14.5 Å². The highest BCUT2D eigenvalue weighted by Gasteiger charge is 2.13. The van der Waals surface area contributed by atoms with Crippen LogP contribution in [-0.4, -0.2) is 19.5 Å². The minimum Gasteiger partial charge on any atom is -0.443 e. The first kappa shape index (κ1) is 14.9. The van der Waals surface area contributed by atoms with Crippen molar-refractivity contribution in [2.24, 2.45) is 0 Å². The van der Waals surface area contributed by atoms with E-state index >= 15 is 0 Å². The second-order valence-electron chi connectivity index (χ2n) is 5.45. The molecule has 8 heteroatoms. The zero-order chi connectivity index (χ0) is 16.6. The Morgan fingerprint density at radius 3 is 2.78 bits per heavy atom. The molecule has 23 heavy (non-hydrogen) atoms. The normalized spacial score (nSPS) is 11.3. The monoisotopic (exact) mass is 314 g/mol. The predicted octanol–water partition coefficient (Wildman–Crippen LogP) is 2.46. The maximum Gasteiger partial charge on any atom is 0.270 e. The Bertz CT molecular complexity index is 942. The molecule has 0 atom stereocenters. The third kappa shape index (κ3) is 2.83. The summed E-state index contributed by atoms with van der Waals surface area (Å²) in [4.78, 5) is 31.1. The van der Waals surface area contributed by atoms with Gasteiger partial charge in [-0.05, 0) is 6.07 Å². The largest absolute Gasteiger partial charge is 0.443 e. The minimum absolute atomic E-state index is 0.122. The Hall–Kier alpha value is -3.03. The average molecular weight is 314 g/mol. The summed E-state index contributed by atoms with van der Waals surface area (Å²) in [5.41, 5.74) is -0.109. The summed E-state index contributed by atoms with van der Waals surface area (Å²) in [6.07, 6.45) is 3.01. The fraction of sp³-hybridized carbons (Fsp3) is 0.267. The van der Waals surface area contributed by atoms with Crippen molar-refractivity contribution < 1.29 is 9.34 Å². The van der Waals surface area contributed by atoms with E-state index in [0.717, 1.165) is 5.76 Å². The molecule has 0 radical (unpaired) electrons. The van der Waals surface area contributed by atoms with Gasteiger partial charge in [-0.2, -0.15) is 0 Å². The second-order valence-corrected chi connectivity index (χ2v) is 5.45. The summed E-state index contributed by atoms with van der Waals surface area (Å²) in [6, 6.07) is 4.01. The number of oxazole rings is 1. The van der Waals surface area contributed by atoms with Crippen LogP contribution in [0.5, 0.6) is 0 Å². The van der Waals surface area contributed by atoms with Crippen LogP contribution in [0.2, 0.25) is 0 Å². The lowest BCUT2D eigenvalue weighted by Crippen LogP contribution is -2.21. The SMILES string of the molecule is CC(C)c1cnc(Cn2cnc3ccc([N+](=O)[O-])cc3c2=O)o1. The molecule has 0 fully saturated rings. The molecule has 0 unspecified atom stereocenters. The van der Waals surface area contributed by atoms with Crippen molar-refractivity contribution in [3.05, 3.63) is 62.8 Å². The summed E-state index contributed by atoms with van der Waals surface area (Å²) in [6.45, 7) is 4.08. The van der Waals surface area contributed by atoms with Gasteiger partial charge in [-0.1, -0.05) is 13.8 Å². The Kier molecular flexibility index (Phi) is 3.65. The van der Waals surface area contributed by atoms with Gasteiger partial charge < -0.3 is 4.42 Å². The molecule has 0 aliphatic heterocycles. The average Bonchev–Trinajstić information content (AvgIpc) is 2.98. The minimum atomic E-state index is -0.542. The van der Waals surface area contributed by atoms with E-state index in [4.69, 9.17) is 4.42 Å². The molecule has 0 saturated heterocycles. The number of nitrogens with zero attached hydrogens (tertiary/aromatic N) is 4. The summed E-state index contributed by atoms with van der Waals surface area (Å²) in [5.74, 6) is 1.32. The summed E-state index contributed by atoms with van der Waals surface area (Å²) >= 11 is 0. The zero-order valence-corrected chi connectivity index (χ0v) is 12.6. The molecule has 2 heterocycles. The fourth-order valence-corrected chi connectivity index (χ4v) is 2.18. The van der Waals surface area contributed by atoms with E-state index < -0.39 is 4.92 Å². The molecule has 1 aromatic carbocycles. The van der Waals surface area contributed by atoms with Gasteiger partial charge in [0, 0.05) is 18.1 Å². The number of rotatable bonds is 4. The molecule has 0 bridgehead atoms. The number of nitro benzene ring substituents is 1. The smallest absolute Gasteiger partial charge is 0.270 e. The standard InChI is InChI=1S/C15H14N4O4/c1-9(2)13-6-16-14(23-13)7-18-8-17-12-4-3-10(19(21)22)5-11(12)15(18)20/h3-6,8-9H,7H2,1-2H3. The van der Waals surface area contributed by atoms with Crippen LogP contribution in [0.1, 0.15) is 31.4 Å². The van der Waals surface area contributed by atoms with Gasteiger partial charge in [0.1, 0.15) is 12.3 Å². The van der Waals surface area contributed by atoms with Gasteiger partial charge in [-0.3, -0.25) is 19.5 Å². The highest BCUT2D eigenvalue weighted by Crippen LogP contribution is 2.17. The molecule has 0 spiro atoms. The van der Waals surface area contributed by atoms with E-state index in [1.165, 1.54) is 29.1 Å². The Morgan fingerprint density at radius 1 is 1.35 bits per heavy atom. The van der Waals surface area contributed by atoms with E-state index in [0.29, 0.717) is 11.4 Å². The maximum absolute atomic E-state index is 12.5. The lowest BCUT2D eigenvalue weighted by atomic mass is 10.2. The number of nitro groups is 1. The topological polar surface area (TPSA) is 104 Å². The highest BCUT2D eigenvalue weighted by atomic mass is 16.6. The van der Waals surface area contributed by atoms with E-state index in [-0.39, 0.29) is 29.1 Å². The van der Waals surface area contributed by atoms with E-state index in [1.54, 1.807) is 6.20 Å². The van der Waals surface area contributed by atoms with Crippen LogP contribution in [0.25, 0.3) is 10.9 Å². The molecular formula is C15H14N4O4. The molecule has 0 aliphatic carbocycles. The molecule has 0 amide bonds. The van der Waals surface area contributed by atoms with Gasteiger partial charge in [0.05, 0.1) is 28.4 Å². The number of hydrogen-bond acceptors (Lipinski definition) is 6. The summed E-state index contributed by atoms with van der Waals surface area (Å²) < 4.78 is 6.89. The van der Waals surface area contributed by atoms with Crippen LogP contribution in [0, 0.1) is 10.1 Å². The highest BCUT2D eigenvalue weighted by molar-refractivity contribution is 5.79. The third-order valence-electron chi connectivity index (χ3n) is 3.46. The van der Waals surface area contributed by atoms with Gasteiger partial charge in [0.2, 0.25) is 5.89 Å². The summed E-state index contributed by atoms with van der Waals surface area (Å²) in [5, 5.41) is 11.0. The van der Waals surface area contributed by atoms with Crippen molar-refractivity contribution >= 4 is 16.6 Å². The molecule has 0 aliphatic rings. The maximum atomic E-state index is 12.5. The van der Waals surface area contributed by atoms with Gasteiger partial charge in [-0.25, -0.2) is 9.97 Å². The molecule has 8 nitrogen and oxygen atoms in total. The van der Waals surface area contributed by atoms with Crippen LogP contribution in [0.4, 0.5) is 5.69 Å². The lowest BCUT2D eigenvalue weighted by Gasteiger charge is -2.04. The molecule has 3 aromatic rings. The number of benzene rings is 1. The molecule has 3 rings (SSSR count). The van der Waals surface area contributed by atoms with E-state index in [2.05, 4.69) is 9.97 Å². The van der Waals surface area contributed by atoms with Crippen LogP contribution >= 0.6 is 0 Å². The van der Waals surface area contributed by atoms with Gasteiger partial charge >= 0.3 is 0 Å². The first-order chi connectivity index (χ1) is 11.0. The van der Waals surface area contributed by atoms with Crippen molar-refractivity contribution in [1.29, 1.82) is 0 Å². The van der Waals surface area contributed by atoms with Crippen molar-refractivity contribution in [3.63, 3.8) is 0 Å². The van der Waals surface area contributed by atoms with Crippen molar-refractivity contribution in [2.45, 2.75) is 26.3 Å². The molecular weight excluding hydrogens is 300 g/mol. The quantitative estimate of drug-likeness (QED) is 0.541. The first-order valence-corrected chi connectivity index (χ1v) is 7.04. The van der Waals surface area contributed by atoms with Crippen molar-refractivity contribution in [3.8, 4) is 0 Å². The predicted molar refractivity (Wildman–Crippen MR) is 82.4 cm³/mol. The number of hydrogen-bond donors (Lipinski definition) is 0. The fourth-order valence-electron chi connectivity index (χ4n) is 2.18. The second kappa shape index (κ2) is 5.64. The number of fused-ring (bicyclic) bond motifs is 1. The van der Waals surface area contributed by atoms with Gasteiger partial charge in [0.25, 0.3) is 11.2 Å². The third-order valence-corrected chi connectivity index (χ3v) is 3.46. The van der Waals surface area contributed by atoms with Crippen LogP contribution in [0.3, 0.4) is 0 Å². The Labute approximate surface area is 130 Å². The van der Waals surface area contributed by atoms with Crippen molar-refractivity contribution in [2.75, 3.05) is 0 Å². The van der Waals surface area contributed by atoms with E-state index in [1.807, 2.05) is 13.8 Å². The Morgan fingerprint density at radius 2 is 2.13 bits per heavy atom. The van der Waals surface area contributed by atoms with E-state index in [9.17, 15) is 14.9 Å². The zero-order valence-electron chi connectivity index (χ0n) is 12.6. The number of aromatic nitrogens is 3. The molecule has 0 N–H and O–H groups in total. The van der Waals surface area contributed by atoms with Crippen LogP contribution in [0.15, 0.2) is 39.9 Å². The summed E-state index contributed by atoms with van der Waals surface area (Å²) in [7, 11) is 0. The van der Waals surface area contributed by atoms with Gasteiger partial charge in [0.15, 0.2) is 0 Å². The van der Waals surface area contributed by atoms with Gasteiger partial charge in [-0.15, -0.1) is 0 Å². The number of non-ortho nitro benzene ring substituents is 1.